The summed E-state index contributed by atoms with van der Waals surface area (Å²) in [5.41, 5.74) is 21.8. The van der Waals surface area contributed by atoms with Gasteiger partial charge in [-0.25, -0.2) is 55.1 Å². The van der Waals surface area contributed by atoms with Crippen molar-refractivity contribution in [1.82, 2.24) is 38.2 Å². The van der Waals surface area contributed by atoms with E-state index in [1.54, 1.807) is 86.0 Å². The van der Waals surface area contributed by atoms with E-state index in [2.05, 4.69) is 56.2 Å². The lowest BCUT2D eigenvalue weighted by Crippen LogP contribution is -2.15. The first kappa shape index (κ1) is 102. The molecule has 12 aromatic carbocycles. The molecule has 0 fully saturated rings. The highest BCUT2D eigenvalue weighted by atomic mass is 35.5. The average Bonchev–Trinajstić information content (AvgIpc) is 1.62. The van der Waals surface area contributed by atoms with Crippen LogP contribution in [0.1, 0.15) is 187 Å². The summed E-state index contributed by atoms with van der Waals surface area (Å²) >= 11 is 56.0. The zero-order chi connectivity index (χ0) is 98.4. The molecule has 4 aliphatic carbocycles. The van der Waals surface area contributed by atoms with Crippen LogP contribution in [0, 0.1) is 74.2 Å². The third-order valence-electron chi connectivity index (χ3n) is 25.7. The fourth-order valence-electron chi connectivity index (χ4n) is 18.6. The number of methoxy groups -OCH3 is 2. The number of nitrogens with zero attached hydrogens (tertiary/aromatic N) is 8. The highest BCUT2D eigenvalue weighted by molar-refractivity contribution is 7.99. The summed E-state index contributed by atoms with van der Waals surface area (Å²) < 4.78 is 133. The molecule has 4 heterocycles. The number of imidazole rings is 4. The first-order valence-corrected chi connectivity index (χ1v) is 52.5. The number of halogens is 16. The molecule has 0 spiro atoms. The lowest BCUT2D eigenvalue weighted by atomic mass is 9.83. The van der Waals surface area contributed by atoms with Gasteiger partial charge in [0.1, 0.15) is 34.8 Å². The van der Waals surface area contributed by atoms with Crippen LogP contribution in [-0.4, -0.2) is 52.4 Å². The Kier molecular flexibility index (Phi) is 33.0. The van der Waals surface area contributed by atoms with E-state index in [9.17, 15) is 35.1 Å². The van der Waals surface area contributed by atoms with Gasteiger partial charge in [0.25, 0.3) is 0 Å². The van der Waals surface area contributed by atoms with Crippen molar-refractivity contribution in [3.05, 3.63) is 430 Å². The van der Waals surface area contributed by atoms with Gasteiger partial charge < -0.3 is 9.47 Å². The second-order valence-corrected chi connectivity index (χ2v) is 41.6. The van der Waals surface area contributed by atoms with E-state index in [0.29, 0.717) is 80.6 Å². The number of thioether (sulfide) groups is 4. The largest absolute Gasteiger partial charge is 0.497 e. The highest BCUT2D eigenvalue weighted by Gasteiger charge is 2.37. The van der Waals surface area contributed by atoms with Gasteiger partial charge in [0.05, 0.1) is 71.1 Å². The van der Waals surface area contributed by atoms with Crippen LogP contribution in [0.2, 0.25) is 40.2 Å². The van der Waals surface area contributed by atoms with Gasteiger partial charge in [0.15, 0.2) is 43.8 Å². The smallest absolute Gasteiger partial charge is 0.173 e. The van der Waals surface area contributed by atoms with E-state index in [1.807, 2.05) is 86.9 Å². The molecule has 720 valence electrons. The highest BCUT2D eigenvalue weighted by Crippen LogP contribution is 2.50. The number of hydrogen-bond donors (Lipinski definition) is 0. The SMILES string of the molecule is COc1cc(-n2c(SCc3c(F)cccc3Cl)nc3c2C(c2ccc(Cl)c(C)c2)CCC3)ccc1F.COc1ccc(-n2c(SCc3c(F)cccc3Cl)nc3c2C(c2ccc(Cl)c(C)c2)CCC3)cc1.Cc1cc(C2CCCc3nc(SCc4c(F)cccc4Cl)n(-c4ccc(F)c(F)c4)c32)ccc1Cl.Cc1cc(C2CCCc3nc(SCc4c(F)cccc4Cl)n(-c4ccc(F)cc4)c32)ccc1Cl. The van der Waals surface area contributed by atoms with Gasteiger partial charge >= 0.3 is 0 Å². The predicted molar refractivity (Wildman–Crippen MR) is 555 cm³/mol. The normalized spacial score (nSPS) is 15.2. The van der Waals surface area contributed by atoms with Gasteiger partial charge in [0.2, 0.25) is 0 Å². The lowest BCUT2D eigenvalue weighted by molar-refractivity contribution is 0.386. The first-order chi connectivity index (χ1) is 67.6. The molecule has 0 saturated carbocycles. The third-order valence-corrected chi connectivity index (χ3v) is 32.7. The van der Waals surface area contributed by atoms with E-state index in [1.165, 1.54) is 120 Å². The van der Waals surface area contributed by atoms with Crippen LogP contribution < -0.4 is 9.47 Å². The summed E-state index contributed by atoms with van der Waals surface area (Å²) in [7, 11) is 3.10. The zero-order valence-electron chi connectivity index (χ0n) is 76.6. The number of rotatable bonds is 22. The molecule has 4 atom stereocenters. The Hall–Kier alpha value is -9.76. The molecule has 0 amide bonds. The Morgan fingerprint density at radius 2 is 0.564 bits per heavy atom. The number of aromatic nitrogens is 8. The van der Waals surface area contributed by atoms with Crippen molar-refractivity contribution in [3.8, 4) is 34.2 Å². The maximum atomic E-state index is 14.5. The first-order valence-electron chi connectivity index (χ1n) is 45.5. The Balaban J connectivity index is 0.000000129. The number of hydrogen-bond acceptors (Lipinski definition) is 10. The molecular weight excluding hydrogens is 2030 g/mol. The van der Waals surface area contributed by atoms with Crippen molar-refractivity contribution in [2.24, 2.45) is 0 Å². The summed E-state index contributed by atoms with van der Waals surface area (Å²) in [4.78, 5) is 19.9. The molecule has 0 N–H and O–H groups in total. The molecule has 0 radical (unpaired) electrons. The van der Waals surface area contributed by atoms with E-state index in [-0.39, 0.29) is 58.4 Å². The summed E-state index contributed by atoms with van der Waals surface area (Å²) in [6.45, 7) is 8.00. The van der Waals surface area contributed by atoms with Crippen molar-refractivity contribution in [3.63, 3.8) is 0 Å². The number of fused-ring (bicyclic) bond motifs is 4. The van der Waals surface area contributed by atoms with Crippen LogP contribution in [0.5, 0.6) is 11.5 Å². The molecule has 140 heavy (non-hydrogen) atoms. The standard InChI is InChI=1S/C28H24Cl2F2N2OS.C28H25Cl2FN2OS.C27H21Cl2F3N2S.C27H22Cl2F2N2S/c1-16-13-17(9-11-21(16)29)19-5-3-8-25-27(19)34(18-10-12-24(32)26(14-18)35-2)28(33-25)36-15-20-22(30)6-4-7-23(20)31;1-17-15-18(9-14-23(17)29)21-5-3-8-26-27(21)33(19-10-12-20(34-2)13-11-19)28(32-26)35-16-22-24(30)6-4-7-25(22)31;1-15-12-16(8-10-20(15)28)18-4-2-7-25-26(18)34(17-9-11-23(31)24(32)13-17)27(33-25)35-14-19-21(29)5-3-6-22(19)30;1-16-14-17(8-13-22(16)28)20-4-2-7-25-26(20)33(19-11-9-18(30)10-12-19)27(32-25)34-15-21-23(29)5-3-6-24(21)31/h4,6-7,9-14,19H,3,5,8,15H2,1-2H3;4,6-7,9-15,21H,3,5,8,16H2,1-2H3;3,5-6,8-13,18H,2,4,7,14H2,1H3;3,5-6,8-14,20H,2,4,7,15H2,1H3. The van der Waals surface area contributed by atoms with Crippen LogP contribution in [-0.2, 0) is 48.7 Å². The van der Waals surface area contributed by atoms with Crippen LogP contribution in [0.15, 0.2) is 251 Å². The number of benzene rings is 12. The molecule has 0 bridgehead atoms. The minimum absolute atomic E-state index is 0.00160. The van der Waals surface area contributed by atoms with Gasteiger partial charge in [-0.1, -0.05) is 213 Å². The lowest BCUT2D eigenvalue weighted by Gasteiger charge is -2.26. The Labute approximate surface area is 865 Å². The van der Waals surface area contributed by atoms with E-state index < -0.39 is 23.3 Å². The van der Waals surface area contributed by atoms with Crippen molar-refractivity contribution in [2.45, 2.75) is 172 Å². The molecule has 4 unspecified atom stereocenters. The van der Waals surface area contributed by atoms with Gasteiger partial charge in [-0.3, -0.25) is 18.3 Å². The monoisotopic (exact) mass is 2120 g/mol. The Morgan fingerprint density at radius 1 is 0.286 bits per heavy atom. The van der Waals surface area contributed by atoms with E-state index in [4.69, 9.17) is 122 Å². The average molecular weight is 2120 g/mol. The van der Waals surface area contributed by atoms with Crippen molar-refractivity contribution < 1.29 is 44.6 Å². The zero-order valence-corrected chi connectivity index (χ0v) is 86.0. The minimum atomic E-state index is -0.937. The summed E-state index contributed by atoms with van der Waals surface area (Å²) in [6.07, 6.45) is 11.2. The topological polar surface area (TPSA) is 89.7 Å². The van der Waals surface area contributed by atoms with E-state index >= 15 is 0 Å². The molecule has 20 rings (SSSR count). The van der Waals surface area contributed by atoms with E-state index in [0.717, 1.165) is 205 Å². The molecule has 10 nitrogen and oxygen atoms in total. The van der Waals surface area contributed by atoms with Crippen molar-refractivity contribution >= 4 is 140 Å². The van der Waals surface area contributed by atoms with Crippen molar-refractivity contribution in [2.75, 3.05) is 14.2 Å². The predicted octanol–water partition coefficient (Wildman–Crippen LogP) is 34.1. The van der Waals surface area contributed by atoms with Crippen LogP contribution in [0.25, 0.3) is 22.7 Å². The maximum Gasteiger partial charge on any atom is 0.173 e. The number of aryl methyl sites for hydroxylation is 8. The molecule has 4 aliphatic rings. The minimum Gasteiger partial charge on any atom is -0.497 e. The second kappa shape index (κ2) is 45.5. The fraction of sp³-hybridized carbons (Fsp3) is 0.236. The van der Waals surface area contributed by atoms with Crippen LogP contribution in [0.3, 0.4) is 0 Å². The Bertz CT molecular complexity index is 7210. The third kappa shape index (κ3) is 22.4. The Morgan fingerprint density at radius 3 is 0.843 bits per heavy atom. The summed E-state index contributed by atoms with van der Waals surface area (Å²) in [6, 6.07) is 66.3. The molecular formula is C110H92Cl8F8N8O2S4. The fourth-order valence-corrected chi connectivity index (χ4v) is 24.6. The van der Waals surface area contributed by atoms with Crippen LogP contribution in [0.4, 0.5) is 35.1 Å². The van der Waals surface area contributed by atoms with Crippen molar-refractivity contribution in [1.29, 1.82) is 0 Å². The maximum absolute atomic E-state index is 14.5. The van der Waals surface area contributed by atoms with Gasteiger partial charge in [-0.2, -0.15) is 0 Å². The van der Waals surface area contributed by atoms with Gasteiger partial charge in [-0.05, 0) is 295 Å². The quantitative estimate of drug-likeness (QED) is 0.0483. The van der Waals surface area contributed by atoms with Crippen LogP contribution >= 0.6 is 140 Å². The summed E-state index contributed by atoms with van der Waals surface area (Å²) in [5.74, 6) is -1.33. The molecule has 0 saturated heterocycles. The second-order valence-electron chi connectivity index (χ2n) is 34.6. The molecule has 16 aromatic rings. The van der Waals surface area contributed by atoms with Gasteiger partial charge in [0, 0.05) is 133 Å². The molecule has 30 heteroatoms. The molecule has 0 aliphatic heterocycles. The molecule has 4 aromatic heterocycles. The number of ether oxygens (including phenoxy) is 2. The summed E-state index contributed by atoms with van der Waals surface area (Å²) in [5, 5.41) is 7.32. The van der Waals surface area contributed by atoms with Gasteiger partial charge in [-0.15, -0.1) is 0 Å².